The topological polar surface area (TPSA) is 37.8 Å². The van der Waals surface area contributed by atoms with Crippen LogP contribution in [0, 0.1) is 20.8 Å². The maximum Gasteiger partial charge on any atom is 0.138 e. The third-order valence-corrected chi connectivity index (χ3v) is 3.90. The summed E-state index contributed by atoms with van der Waals surface area (Å²) in [6.07, 6.45) is 2.34. The Hall–Kier alpha value is -1.61. The summed E-state index contributed by atoms with van der Waals surface area (Å²) in [5.41, 5.74) is 4.40. The number of hydrogen-bond donors (Lipinski definition) is 1. The largest absolute Gasteiger partial charge is 0.340 e. The van der Waals surface area contributed by atoms with Crippen molar-refractivity contribution in [3.63, 3.8) is 0 Å². The number of halogens is 1. The zero-order valence-electron chi connectivity index (χ0n) is 12.0. The predicted octanol–water partition coefficient (Wildman–Crippen LogP) is 4.68. The van der Waals surface area contributed by atoms with Crippen molar-refractivity contribution in [3.8, 4) is 0 Å². The average molecular weight is 288 g/mol. The minimum absolute atomic E-state index is 0.493. The minimum atomic E-state index is 0.493. The van der Waals surface area contributed by atoms with E-state index >= 15 is 0 Å². The molecule has 104 valence electrons. The van der Waals surface area contributed by atoms with Gasteiger partial charge in [-0.2, -0.15) is 0 Å². The van der Waals surface area contributed by atoms with E-state index in [2.05, 4.69) is 47.3 Å². The van der Waals surface area contributed by atoms with Gasteiger partial charge in [-0.3, -0.25) is 0 Å². The Morgan fingerprint density at radius 3 is 2.30 bits per heavy atom. The van der Waals surface area contributed by atoms with Gasteiger partial charge in [-0.15, -0.1) is 0 Å². The van der Waals surface area contributed by atoms with E-state index in [0.717, 1.165) is 22.9 Å². The first-order valence-electron chi connectivity index (χ1n) is 6.92. The SMILES string of the molecule is Cc1cc(C)cc(Nc2nc(C3CC3)nc(Cl)c2C)c1. The van der Waals surface area contributed by atoms with Gasteiger partial charge in [-0.05, 0) is 56.9 Å². The lowest BCUT2D eigenvalue weighted by Crippen LogP contribution is -2.03. The van der Waals surface area contributed by atoms with Gasteiger partial charge in [-0.1, -0.05) is 17.7 Å². The van der Waals surface area contributed by atoms with Crippen LogP contribution in [0.5, 0.6) is 0 Å². The number of hydrogen-bond acceptors (Lipinski definition) is 3. The molecular formula is C16H18ClN3. The maximum absolute atomic E-state index is 6.23. The molecule has 1 N–H and O–H groups in total. The molecule has 2 aromatic rings. The van der Waals surface area contributed by atoms with Gasteiger partial charge in [0, 0.05) is 17.2 Å². The van der Waals surface area contributed by atoms with Gasteiger partial charge in [-0.25, -0.2) is 9.97 Å². The van der Waals surface area contributed by atoms with Crippen molar-refractivity contribution in [2.24, 2.45) is 0 Å². The normalized spacial score (nSPS) is 14.4. The molecule has 3 nitrogen and oxygen atoms in total. The van der Waals surface area contributed by atoms with Crippen LogP contribution in [0.25, 0.3) is 0 Å². The number of aryl methyl sites for hydroxylation is 2. The molecule has 0 unspecified atom stereocenters. The van der Waals surface area contributed by atoms with Gasteiger partial charge in [0.25, 0.3) is 0 Å². The van der Waals surface area contributed by atoms with Gasteiger partial charge in [0.2, 0.25) is 0 Å². The highest BCUT2D eigenvalue weighted by Gasteiger charge is 2.28. The van der Waals surface area contributed by atoms with E-state index in [4.69, 9.17) is 11.6 Å². The molecule has 0 bridgehead atoms. The maximum atomic E-state index is 6.23. The van der Waals surface area contributed by atoms with E-state index < -0.39 is 0 Å². The number of rotatable bonds is 3. The molecule has 0 aliphatic heterocycles. The van der Waals surface area contributed by atoms with E-state index in [-0.39, 0.29) is 0 Å². The summed E-state index contributed by atoms with van der Waals surface area (Å²) in [6, 6.07) is 6.37. The molecule has 0 amide bonds. The summed E-state index contributed by atoms with van der Waals surface area (Å²) in [5, 5.41) is 3.93. The first kappa shape index (κ1) is 13.4. The van der Waals surface area contributed by atoms with Crippen LogP contribution >= 0.6 is 11.6 Å². The lowest BCUT2D eigenvalue weighted by atomic mass is 10.1. The van der Waals surface area contributed by atoms with E-state index in [1.165, 1.54) is 24.0 Å². The molecule has 0 saturated heterocycles. The second kappa shape index (κ2) is 5.06. The van der Waals surface area contributed by atoms with Crippen molar-refractivity contribution >= 4 is 23.1 Å². The van der Waals surface area contributed by atoms with Gasteiger partial charge in [0.05, 0.1) is 0 Å². The van der Waals surface area contributed by atoms with Gasteiger partial charge >= 0.3 is 0 Å². The smallest absolute Gasteiger partial charge is 0.138 e. The molecule has 1 aromatic heterocycles. The molecule has 0 spiro atoms. The second-order valence-corrected chi connectivity index (χ2v) is 5.98. The Morgan fingerprint density at radius 2 is 1.70 bits per heavy atom. The van der Waals surface area contributed by atoms with E-state index in [9.17, 15) is 0 Å². The molecular weight excluding hydrogens is 270 g/mol. The van der Waals surface area contributed by atoms with Crippen molar-refractivity contribution in [2.75, 3.05) is 5.32 Å². The molecule has 0 radical (unpaired) electrons. The Labute approximate surface area is 124 Å². The van der Waals surface area contributed by atoms with Crippen LogP contribution < -0.4 is 5.32 Å². The molecule has 1 heterocycles. The summed E-state index contributed by atoms with van der Waals surface area (Å²) in [6.45, 7) is 6.13. The van der Waals surface area contributed by atoms with Gasteiger partial charge in [0.1, 0.15) is 16.8 Å². The third kappa shape index (κ3) is 2.78. The Balaban J connectivity index is 1.96. The first-order valence-corrected chi connectivity index (χ1v) is 7.30. The summed E-state index contributed by atoms with van der Waals surface area (Å²) in [4.78, 5) is 9.03. The zero-order chi connectivity index (χ0) is 14.3. The monoisotopic (exact) mass is 287 g/mol. The Morgan fingerprint density at radius 1 is 1.05 bits per heavy atom. The molecule has 20 heavy (non-hydrogen) atoms. The zero-order valence-corrected chi connectivity index (χ0v) is 12.8. The molecule has 1 saturated carbocycles. The third-order valence-electron chi connectivity index (χ3n) is 3.53. The van der Waals surface area contributed by atoms with Crippen molar-refractivity contribution in [1.82, 2.24) is 9.97 Å². The number of nitrogens with one attached hydrogen (secondary N) is 1. The fourth-order valence-electron chi connectivity index (χ4n) is 2.33. The van der Waals surface area contributed by atoms with E-state index in [1.54, 1.807) is 0 Å². The molecule has 0 atom stereocenters. The number of anilines is 2. The van der Waals surface area contributed by atoms with Crippen molar-refractivity contribution in [3.05, 3.63) is 45.9 Å². The van der Waals surface area contributed by atoms with E-state index in [0.29, 0.717) is 11.1 Å². The van der Waals surface area contributed by atoms with Crippen molar-refractivity contribution < 1.29 is 0 Å². The summed E-state index contributed by atoms with van der Waals surface area (Å²) in [7, 11) is 0. The lowest BCUT2D eigenvalue weighted by molar-refractivity contribution is 0.922. The van der Waals surface area contributed by atoms with Crippen molar-refractivity contribution in [1.29, 1.82) is 0 Å². The Kier molecular flexibility index (Phi) is 3.38. The van der Waals surface area contributed by atoms with Crippen LogP contribution in [0.15, 0.2) is 18.2 Å². The molecule has 4 heteroatoms. The van der Waals surface area contributed by atoms with Crippen LogP contribution in [0.3, 0.4) is 0 Å². The van der Waals surface area contributed by atoms with Crippen LogP contribution in [-0.4, -0.2) is 9.97 Å². The molecule has 3 rings (SSSR count). The van der Waals surface area contributed by atoms with Gasteiger partial charge in [0.15, 0.2) is 0 Å². The highest BCUT2D eigenvalue weighted by Crippen LogP contribution is 2.39. The predicted molar refractivity (Wildman–Crippen MR) is 83.0 cm³/mol. The summed E-state index contributed by atoms with van der Waals surface area (Å²) < 4.78 is 0. The summed E-state index contributed by atoms with van der Waals surface area (Å²) in [5.74, 6) is 2.18. The quantitative estimate of drug-likeness (QED) is 0.833. The highest BCUT2D eigenvalue weighted by atomic mass is 35.5. The molecule has 1 aliphatic carbocycles. The van der Waals surface area contributed by atoms with Crippen LogP contribution in [0.4, 0.5) is 11.5 Å². The highest BCUT2D eigenvalue weighted by molar-refractivity contribution is 6.30. The number of aromatic nitrogens is 2. The van der Waals surface area contributed by atoms with E-state index in [1.807, 2.05) is 6.92 Å². The number of benzene rings is 1. The van der Waals surface area contributed by atoms with Crippen LogP contribution in [-0.2, 0) is 0 Å². The Bertz CT molecular complexity index is 643. The lowest BCUT2D eigenvalue weighted by Gasteiger charge is -2.12. The number of nitrogens with zero attached hydrogens (tertiary/aromatic N) is 2. The molecule has 1 fully saturated rings. The summed E-state index contributed by atoms with van der Waals surface area (Å²) >= 11 is 6.23. The standard InChI is InChI=1S/C16H18ClN3/c1-9-6-10(2)8-13(7-9)18-15-11(3)14(17)19-16(20-15)12-4-5-12/h6-8,12H,4-5H2,1-3H3,(H,18,19,20). The molecule has 1 aliphatic rings. The first-order chi connectivity index (χ1) is 9.52. The van der Waals surface area contributed by atoms with Crippen molar-refractivity contribution in [2.45, 2.75) is 39.5 Å². The fourth-order valence-corrected chi connectivity index (χ4v) is 2.51. The van der Waals surface area contributed by atoms with Crippen LogP contribution in [0.1, 0.15) is 41.3 Å². The average Bonchev–Trinajstić information content (AvgIpc) is 3.17. The fraction of sp³-hybridized carbons (Fsp3) is 0.375. The van der Waals surface area contributed by atoms with Crippen LogP contribution in [0.2, 0.25) is 5.15 Å². The molecule has 1 aromatic carbocycles. The second-order valence-electron chi connectivity index (χ2n) is 5.62. The van der Waals surface area contributed by atoms with Gasteiger partial charge < -0.3 is 5.32 Å². The minimum Gasteiger partial charge on any atom is -0.340 e.